The maximum absolute atomic E-state index is 13.7. The first-order valence-corrected chi connectivity index (χ1v) is 13.8. The van der Waals surface area contributed by atoms with E-state index >= 15 is 0 Å². The molecule has 2 amide bonds. The molecule has 0 spiro atoms. The molecular formula is C30H34BrClN2O3. The summed E-state index contributed by atoms with van der Waals surface area (Å²) in [7, 11) is 0. The number of hydrogen-bond acceptors (Lipinski definition) is 3. The van der Waals surface area contributed by atoms with Gasteiger partial charge in [-0.25, -0.2) is 0 Å². The molecule has 0 aliphatic heterocycles. The van der Waals surface area contributed by atoms with E-state index < -0.39 is 6.04 Å². The summed E-state index contributed by atoms with van der Waals surface area (Å²) in [6, 6.07) is 22.2. The van der Waals surface area contributed by atoms with Gasteiger partial charge in [-0.15, -0.1) is 0 Å². The first kappa shape index (κ1) is 28.7. The normalized spacial score (nSPS) is 12.5. The summed E-state index contributed by atoms with van der Waals surface area (Å²) in [5.41, 5.74) is 3.01. The standard InChI is InChI=1S/C30H34BrClN2O3/c1-4-21(3)33-30(36)27(18-23-9-7-6-8-10-23)34(19-24-11-14-25(32)15-12-24)29(35)20-37-28-16-13-22(5-2)17-26(28)31/h6-17,21,27H,4-5,18-20H2,1-3H3,(H,33,36)/t21-,27+/m1/s1. The summed E-state index contributed by atoms with van der Waals surface area (Å²) < 4.78 is 6.72. The molecule has 3 aromatic rings. The van der Waals surface area contributed by atoms with E-state index in [9.17, 15) is 9.59 Å². The zero-order chi connectivity index (χ0) is 26.8. The van der Waals surface area contributed by atoms with Crippen molar-refractivity contribution in [3.8, 4) is 5.75 Å². The van der Waals surface area contributed by atoms with Gasteiger partial charge in [0.2, 0.25) is 5.91 Å². The Morgan fingerprint density at radius 1 is 0.973 bits per heavy atom. The number of amides is 2. The summed E-state index contributed by atoms with van der Waals surface area (Å²) in [6.07, 6.45) is 2.08. The predicted octanol–water partition coefficient (Wildman–Crippen LogP) is 6.60. The van der Waals surface area contributed by atoms with Crippen molar-refractivity contribution in [2.24, 2.45) is 0 Å². The molecule has 3 rings (SSSR count). The molecule has 1 N–H and O–H groups in total. The molecule has 37 heavy (non-hydrogen) atoms. The zero-order valence-electron chi connectivity index (χ0n) is 21.5. The Hall–Kier alpha value is -2.83. The Kier molecular flexibility index (Phi) is 11.0. The molecule has 0 aromatic heterocycles. The van der Waals surface area contributed by atoms with Crippen LogP contribution in [0.1, 0.15) is 43.9 Å². The number of hydrogen-bond donors (Lipinski definition) is 1. The third-order valence-corrected chi connectivity index (χ3v) is 7.17. The molecule has 196 valence electrons. The summed E-state index contributed by atoms with van der Waals surface area (Å²) in [6.45, 7) is 6.12. The smallest absolute Gasteiger partial charge is 0.261 e. The fraction of sp³-hybridized carbons (Fsp3) is 0.333. The second kappa shape index (κ2) is 14.2. The van der Waals surface area contributed by atoms with Crippen molar-refractivity contribution < 1.29 is 14.3 Å². The number of carbonyl (C=O) groups excluding carboxylic acids is 2. The van der Waals surface area contributed by atoms with Gasteiger partial charge < -0.3 is 15.0 Å². The average Bonchev–Trinajstić information content (AvgIpc) is 2.91. The van der Waals surface area contributed by atoms with Crippen LogP contribution in [0.25, 0.3) is 0 Å². The fourth-order valence-electron chi connectivity index (χ4n) is 3.89. The third-order valence-electron chi connectivity index (χ3n) is 6.29. The second-order valence-electron chi connectivity index (χ2n) is 9.08. The van der Waals surface area contributed by atoms with E-state index in [1.54, 1.807) is 17.0 Å². The lowest BCUT2D eigenvalue weighted by molar-refractivity contribution is -0.143. The van der Waals surface area contributed by atoms with Crippen LogP contribution < -0.4 is 10.1 Å². The minimum atomic E-state index is -0.714. The van der Waals surface area contributed by atoms with Gasteiger partial charge in [0.1, 0.15) is 11.8 Å². The second-order valence-corrected chi connectivity index (χ2v) is 10.4. The number of aryl methyl sites for hydroxylation is 1. The molecule has 0 saturated carbocycles. The average molecular weight is 586 g/mol. The van der Waals surface area contributed by atoms with Crippen LogP contribution in [-0.4, -0.2) is 35.4 Å². The first-order valence-electron chi connectivity index (χ1n) is 12.6. The van der Waals surface area contributed by atoms with E-state index in [0.29, 0.717) is 17.2 Å². The van der Waals surface area contributed by atoms with Gasteiger partial charge in [0, 0.05) is 24.0 Å². The van der Waals surface area contributed by atoms with Crippen LogP contribution in [0.5, 0.6) is 5.75 Å². The molecular weight excluding hydrogens is 552 g/mol. The van der Waals surface area contributed by atoms with Crippen molar-refractivity contribution in [3.05, 3.63) is 99.0 Å². The minimum absolute atomic E-state index is 0.0115. The van der Waals surface area contributed by atoms with Crippen LogP contribution in [0, 0.1) is 0 Å². The molecule has 0 aliphatic rings. The van der Waals surface area contributed by atoms with E-state index in [4.69, 9.17) is 16.3 Å². The predicted molar refractivity (Wildman–Crippen MR) is 153 cm³/mol. The summed E-state index contributed by atoms with van der Waals surface area (Å²) >= 11 is 9.63. The number of benzene rings is 3. The van der Waals surface area contributed by atoms with Crippen LogP contribution in [0.15, 0.2) is 77.3 Å². The number of carbonyl (C=O) groups is 2. The lowest BCUT2D eigenvalue weighted by Gasteiger charge is -2.32. The van der Waals surface area contributed by atoms with Crippen molar-refractivity contribution in [1.29, 1.82) is 0 Å². The van der Waals surface area contributed by atoms with Gasteiger partial charge in [0.05, 0.1) is 4.47 Å². The molecule has 0 radical (unpaired) electrons. The van der Waals surface area contributed by atoms with Crippen LogP contribution in [0.3, 0.4) is 0 Å². The van der Waals surface area contributed by atoms with Crippen molar-refractivity contribution in [2.75, 3.05) is 6.61 Å². The van der Waals surface area contributed by atoms with Crippen LogP contribution in [-0.2, 0) is 29.0 Å². The summed E-state index contributed by atoms with van der Waals surface area (Å²) in [5, 5.41) is 3.69. The maximum Gasteiger partial charge on any atom is 0.261 e. The molecule has 0 unspecified atom stereocenters. The third kappa shape index (κ3) is 8.61. The highest BCUT2D eigenvalue weighted by Crippen LogP contribution is 2.26. The fourth-order valence-corrected chi connectivity index (χ4v) is 4.55. The van der Waals surface area contributed by atoms with Gasteiger partial charge in [0.25, 0.3) is 5.91 Å². The van der Waals surface area contributed by atoms with Crippen molar-refractivity contribution in [1.82, 2.24) is 10.2 Å². The Morgan fingerprint density at radius 3 is 2.27 bits per heavy atom. The van der Waals surface area contributed by atoms with Crippen molar-refractivity contribution >= 4 is 39.3 Å². The Balaban J connectivity index is 1.91. The molecule has 5 nitrogen and oxygen atoms in total. The van der Waals surface area contributed by atoms with Crippen LogP contribution >= 0.6 is 27.5 Å². The summed E-state index contributed by atoms with van der Waals surface area (Å²) in [5.74, 6) is 0.122. The molecule has 0 bridgehead atoms. The van der Waals surface area contributed by atoms with E-state index in [2.05, 4.69) is 28.2 Å². The van der Waals surface area contributed by atoms with Gasteiger partial charge in [-0.3, -0.25) is 9.59 Å². The van der Waals surface area contributed by atoms with Crippen molar-refractivity contribution in [2.45, 2.75) is 58.7 Å². The van der Waals surface area contributed by atoms with Gasteiger partial charge in [-0.2, -0.15) is 0 Å². The molecule has 3 aromatic carbocycles. The van der Waals surface area contributed by atoms with Gasteiger partial charge >= 0.3 is 0 Å². The molecule has 0 fully saturated rings. The zero-order valence-corrected chi connectivity index (χ0v) is 23.9. The SMILES string of the molecule is CCc1ccc(OCC(=O)N(Cc2ccc(Cl)cc2)[C@@H](Cc2ccccc2)C(=O)N[C@H](C)CC)c(Br)c1. The molecule has 7 heteroatoms. The largest absolute Gasteiger partial charge is 0.483 e. The highest BCUT2D eigenvalue weighted by molar-refractivity contribution is 9.10. The Labute approximate surface area is 233 Å². The van der Waals surface area contributed by atoms with E-state index in [-0.39, 0.29) is 31.0 Å². The number of nitrogens with one attached hydrogen (secondary N) is 1. The number of ether oxygens (including phenoxy) is 1. The quantitative estimate of drug-likeness (QED) is 0.261. The van der Waals surface area contributed by atoms with Gasteiger partial charge in [-0.05, 0) is 76.7 Å². The number of rotatable bonds is 12. The monoisotopic (exact) mass is 584 g/mol. The highest BCUT2D eigenvalue weighted by Gasteiger charge is 2.31. The lowest BCUT2D eigenvalue weighted by atomic mass is 10.0. The molecule has 0 aliphatic carbocycles. The van der Waals surface area contributed by atoms with Crippen LogP contribution in [0.4, 0.5) is 0 Å². The topological polar surface area (TPSA) is 58.6 Å². The number of nitrogens with zero attached hydrogens (tertiary/aromatic N) is 1. The molecule has 0 heterocycles. The first-order chi connectivity index (χ1) is 17.8. The molecule has 0 saturated heterocycles. The van der Waals surface area contributed by atoms with E-state index in [0.717, 1.165) is 28.4 Å². The lowest BCUT2D eigenvalue weighted by Crippen LogP contribution is -2.53. The Bertz CT molecular complexity index is 1170. The van der Waals surface area contributed by atoms with E-state index in [1.807, 2.05) is 74.5 Å². The maximum atomic E-state index is 13.7. The number of halogens is 2. The van der Waals surface area contributed by atoms with Gasteiger partial charge in [0.15, 0.2) is 6.61 Å². The molecule has 2 atom stereocenters. The van der Waals surface area contributed by atoms with Crippen molar-refractivity contribution in [3.63, 3.8) is 0 Å². The summed E-state index contributed by atoms with van der Waals surface area (Å²) in [4.78, 5) is 28.8. The Morgan fingerprint density at radius 2 is 1.65 bits per heavy atom. The van der Waals surface area contributed by atoms with Crippen LogP contribution in [0.2, 0.25) is 5.02 Å². The minimum Gasteiger partial charge on any atom is -0.483 e. The van der Waals surface area contributed by atoms with E-state index in [1.165, 1.54) is 5.56 Å². The highest BCUT2D eigenvalue weighted by atomic mass is 79.9. The van der Waals surface area contributed by atoms with Gasteiger partial charge in [-0.1, -0.05) is 74.0 Å².